The van der Waals surface area contributed by atoms with Crippen molar-refractivity contribution in [3.63, 3.8) is 0 Å². The fourth-order valence-corrected chi connectivity index (χ4v) is 2.65. The van der Waals surface area contributed by atoms with Crippen molar-refractivity contribution in [2.24, 2.45) is 0 Å². The minimum absolute atomic E-state index is 0.00665. The molecular weight excluding hydrogens is 372 g/mol. The van der Waals surface area contributed by atoms with E-state index in [1.807, 2.05) is 0 Å². The van der Waals surface area contributed by atoms with Crippen LogP contribution in [0.4, 0.5) is 14.5 Å². The Kier molecular flexibility index (Phi) is 5.89. The predicted molar refractivity (Wildman–Crippen MR) is 93.2 cm³/mol. The van der Waals surface area contributed by atoms with Gasteiger partial charge in [-0.3, -0.25) is 0 Å². The quantitative estimate of drug-likeness (QED) is 0.510. The highest BCUT2D eigenvalue weighted by atomic mass is 79.9. The highest BCUT2D eigenvalue weighted by Crippen LogP contribution is 2.40. The molecule has 0 aromatic heterocycles. The molecule has 0 bridgehead atoms. The van der Waals surface area contributed by atoms with E-state index in [0.29, 0.717) is 17.2 Å². The van der Waals surface area contributed by atoms with E-state index >= 15 is 0 Å². The molecule has 0 saturated heterocycles. The monoisotopic (exact) mass is 395 g/mol. The number of nitrogens with one attached hydrogen (secondary N) is 1. The summed E-state index contributed by atoms with van der Waals surface area (Å²) in [5, 5.41) is 2.73. The van der Waals surface area contributed by atoms with Gasteiger partial charge in [0.15, 0.2) is 0 Å². The van der Waals surface area contributed by atoms with Crippen LogP contribution in [-0.2, 0) is 0 Å². The van der Waals surface area contributed by atoms with E-state index in [-0.39, 0.29) is 5.04 Å². The molecule has 0 atom stereocenters. The average Bonchev–Trinajstić information content (AvgIpc) is 2.34. The Bertz CT molecular complexity index is 513. The second-order valence-corrected chi connectivity index (χ2v) is 12.6. The van der Waals surface area contributed by atoms with Crippen molar-refractivity contribution >= 4 is 29.9 Å². The SMILES string of the molecule is COc1ccc(NCC(F)(F)Br)c(O[Si](C)(C)C(C)(C)C)c1. The summed E-state index contributed by atoms with van der Waals surface area (Å²) < 4.78 is 37.5. The van der Waals surface area contributed by atoms with E-state index in [4.69, 9.17) is 9.16 Å². The van der Waals surface area contributed by atoms with Gasteiger partial charge >= 0.3 is 4.83 Å². The minimum atomic E-state index is -2.97. The molecule has 1 N–H and O–H groups in total. The molecule has 0 amide bonds. The fourth-order valence-electron chi connectivity index (χ4n) is 1.48. The first-order valence-electron chi connectivity index (χ1n) is 7.03. The van der Waals surface area contributed by atoms with Crippen LogP contribution >= 0.6 is 15.9 Å². The van der Waals surface area contributed by atoms with E-state index in [0.717, 1.165) is 0 Å². The number of hydrogen-bond acceptors (Lipinski definition) is 3. The Labute approximate surface area is 140 Å². The molecule has 0 saturated carbocycles. The van der Waals surface area contributed by atoms with Gasteiger partial charge in [0, 0.05) is 6.07 Å². The highest BCUT2D eigenvalue weighted by Gasteiger charge is 2.39. The summed E-state index contributed by atoms with van der Waals surface area (Å²) in [5.74, 6) is 1.17. The highest BCUT2D eigenvalue weighted by molar-refractivity contribution is 9.10. The van der Waals surface area contributed by atoms with Crippen molar-refractivity contribution in [2.75, 3.05) is 19.0 Å². The van der Waals surface area contributed by atoms with Gasteiger partial charge < -0.3 is 14.5 Å². The first kappa shape index (κ1) is 19.2. The van der Waals surface area contributed by atoms with E-state index in [2.05, 4.69) is 55.1 Å². The van der Waals surface area contributed by atoms with Gasteiger partial charge in [0.25, 0.3) is 8.32 Å². The van der Waals surface area contributed by atoms with Crippen molar-refractivity contribution < 1.29 is 17.9 Å². The maximum Gasteiger partial charge on any atom is 0.318 e. The number of alkyl halides is 3. The molecule has 0 heterocycles. The van der Waals surface area contributed by atoms with Crippen LogP contribution in [-0.4, -0.2) is 26.8 Å². The summed E-state index contributed by atoms with van der Waals surface area (Å²) in [4.78, 5) is -2.97. The number of rotatable bonds is 6. The van der Waals surface area contributed by atoms with Gasteiger partial charge in [-0.05, 0) is 46.2 Å². The normalized spacial score (nSPS) is 13.0. The smallest absolute Gasteiger partial charge is 0.318 e. The molecule has 1 rings (SSSR count). The molecular formula is C15H24BrF2NO2Si. The van der Waals surface area contributed by atoms with E-state index < -0.39 is 19.7 Å². The molecule has 1 aromatic rings. The summed E-state index contributed by atoms with van der Waals surface area (Å²) in [7, 11) is -0.522. The molecule has 0 aliphatic rings. The third-order valence-corrected chi connectivity index (χ3v) is 8.46. The number of ether oxygens (including phenoxy) is 1. The fraction of sp³-hybridized carbons (Fsp3) is 0.600. The molecule has 0 aliphatic carbocycles. The molecule has 0 aliphatic heterocycles. The Morgan fingerprint density at radius 2 is 1.82 bits per heavy atom. The lowest BCUT2D eigenvalue weighted by molar-refractivity contribution is 0.130. The Hall–Kier alpha value is -0.823. The van der Waals surface area contributed by atoms with Crippen LogP contribution in [0.25, 0.3) is 0 Å². The minimum Gasteiger partial charge on any atom is -0.542 e. The van der Waals surface area contributed by atoms with E-state index in [9.17, 15) is 8.78 Å². The van der Waals surface area contributed by atoms with Gasteiger partial charge in [-0.25, -0.2) is 0 Å². The zero-order valence-corrected chi connectivity index (χ0v) is 16.5. The summed E-state index contributed by atoms with van der Waals surface area (Å²) in [6.07, 6.45) is 0. The van der Waals surface area contributed by atoms with Gasteiger partial charge in [0.05, 0.1) is 19.3 Å². The number of anilines is 1. The second-order valence-electron chi connectivity index (χ2n) is 6.69. The van der Waals surface area contributed by atoms with Crippen LogP contribution in [0.15, 0.2) is 18.2 Å². The Balaban J connectivity index is 3.09. The van der Waals surface area contributed by atoms with E-state index in [1.54, 1.807) is 25.3 Å². The van der Waals surface area contributed by atoms with Gasteiger partial charge in [0.2, 0.25) is 0 Å². The van der Waals surface area contributed by atoms with Gasteiger partial charge in [0.1, 0.15) is 11.5 Å². The summed E-state index contributed by atoms with van der Waals surface area (Å²) in [5.41, 5.74) is 0.532. The van der Waals surface area contributed by atoms with Crippen LogP contribution in [0.2, 0.25) is 18.1 Å². The molecule has 0 spiro atoms. The molecule has 22 heavy (non-hydrogen) atoms. The maximum atomic E-state index is 13.0. The number of hydrogen-bond donors (Lipinski definition) is 1. The van der Waals surface area contributed by atoms with Crippen molar-refractivity contribution in [3.8, 4) is 11.5 Å². The largest absolute Gasteiger partial charge is 0.542 e. The molecule has 7 heteroatoms. The summed E-state index contributed by atoms with van der Waals surface area (Å²) in [6, 6.07) is 5.14. The molecule has 126 valence electrons. The lowest BCUT2D eigenvalue weighted by Crippen LogP contribution is -2.44. The number of halogens is 3. The molecule has 0 fully saturated rings. The summed E-state index contributed by atoms with van der Waals surface area (Å²) >= 11 is 2.33. The zero-order chi connectivity index (χ0) is 17.2. The van der Waals surface area contributed by atoms with Crippen LogP contribution in [0.1, 0.15) is 20.8 Å². The number of methoxy groups -OCH3 is 1. The standard InChI is InChI=1S/C15H24BrF2NO2Si/c1-14(2,3)22(5,6)21-13-9-11(20-4)7-8-12(13)19-10-15(16,17)18/h7-9,19H,10H2,1-6H3. The number of benzene rings is 1. The van der Waals surface area contributed by atoms with Crippen LogP contribution in [0.5, 0.6) is 11.5 Å². The van der Waals surface area contributed by atoms with Crippen molar-refractivity contribution in [3.05, 3.63) is 18.2 Å². The molecule has 3 nitrogen and oxygen atoms in total. The Morgan fingerprint density at radius 1 is 1.23 bits per heavy atom. The van der Waals surface area contributed by atoms with Crippen molar-refractivity contribution in [1.82, 2.24) is 0 Å². The Morgan fingerprint density at radius 3 is 2.27 bits per heavy atom. The van der Waals surface area contributed by atoms with Gasteiger partial charge in [-0.2, -0.15) is 8.78 Å². The second kappa shape index (κ2) is 6.74. The van der Waals surface area contributed by atoms with Crippen LogP contribution < -0.4 is 14.5 Å². The first-order valence-corrected chi connectivity index (χ1v) is 10.7. The van der Waals surface area contributed by atoms with Gasteiger partial charge in [-0.15, -0.1) is 0 Å². The third-order valence-electron chi connectivity index (χ3n) is 3.84. The van der Waals surface area contributed by atoms with Crippen LogP contribution in [0, 0.1) is 0 Å². The van der Waals surface area contributed by atoms with E-state index in [1.165, 1.54) is 0 Å². The lowest BCUT2D eigenvalue weighted by atomic mass is 10.2. The van der Waals surface area contributed by atoms with Crippen LogP contribution in [0.3, 0.4) is 0 Å². The molecule has 0 unspecified atom stereocenters. The predicted octanol–water partition coefficient (Wildman–Crippen LogP) is 5.48. The summed E-state index contributed by atoms with van der Waals surface area (Å²) in [6.45, 7) is 10.1. The van der Waals surface area contributed by atoms with Crippen molar-refractivity contribution in [1.29, 1.82) is 0 Å². The third kappa shape index (κ3) is 5.42. The molecule has 1 aromatic carbocycles. The average molecular weight is 396 g/mol. The topological polar surface area (TPSA) is 30.5 Å². The molecule has 0 radical (unpaired) electrons. The lowest BCUT2D eigenvalue weighted by Gasteiger charge is -2.37. The zero-order valence-electron chi connectivity index (χ0n) is 13.9. The van der Waals surface area contributed by atoms with Gasteiger partial charge in [-0.1, -0.05) is 20.8 Å². The maximum absolute atomic E-state index is 13.0. The van der Waals surface area contributed by atoms with Crippen molar-refractivity contribution in [2.45, 2.75) is 43.7 Å². The first-order chi connectivity index (χ1) is 9.86.